The number of allylic oxidation sites excluding steroid dienone is 5. The van der Waals surface area contributed by atoms with Crippen molar-refractivity contribution in [2.75, 3.05) is 9.80 Å². The van der Waals surface area contributed by atoms with Crippen LogP contribution in [0.4, 0.5) is 34.1 Å². The highest BCUT2D eigenvalue weighted by molar-refractivity contribution is 6.38. The molecule has 89 heavy (non-hydrogen) atoms. The summed E-state index contributed by atoms with van der Waals surface area (Å²) in [7, 11) is 0. The number of anilines is 6. The van der Waals surface area contributed by atoms with Gasteiger partial charge in [0.2, 0.25) is 0 Å². The molecule has 0 bridgehead atoms. The van der Waals surface area contributed by atoms with Gasteiger partial charge in [-0.15, -0.1) is 0 Å². The maximum Gasteiger partial charge on any atom is 0.0634 e. The molecule has 0 unspecified atom stereocenters. The number of benzene rings is 12. The van der Waals surface area contributed by atoms with Crippen LogP contribution in [0.2, 0.25) is 0 Å². The average molecular weight is 1140 g/mol. The van der Waals surface area contributed by atoms with E-state index in [4.69, 9.17) is 0 Å². The van der Waals surface area contributed by atoms with Crippen molar-refractivity contribution >= 4 is 116 Å². The van der Waals surface area contributed by atoms with Gasteiger partial charge < -0.3 is 18.6 Å². The van der Waals surface area contributed by atoms with Crippen LogP contribution >= 0.6 is 0 Å². The minimum Gasteiger partial charge on any atom is -0.310 e. The van der Waals surface area contributed by atoms with Gasteiger partial charge in [-0.2, -0.15) is 0 Å². The molecule has 0 spiro atoms. The van der Waals surface area contributed by atoms with Crippen LogP contribution in [0.25, 0.3) is 115 Å². The summed E-state index contributed by atoms with van der Waals surface area (Å²) < 4.78 is 5.25. The number of hydrogen-bond donors (Lipinski definition) is 0. The monoisotopic (exact) mass is 1140 g/mol. The van der Waals surface area contributed by atoms with Gasteiger partial charge in [-0.3, -0.25) is 0 Å². The van der Waals surface area contributed by atoms with Crippen LogP contribution < -0.4 is 9.80 Å². The lowest BCUT2D eigenvalue weighted by atomic mass is 9.80. The summed E-state index contributed by atoms with van der Waals surface area (Å²) in [4.78, 5) is 4.90. The minimum atomic E-state index is -0.185. The number of fused-ring (bicyclic) bond motifs is 16. The fourth-order valence-electron chi connectivity index (χ4n) is 16.4. The number of para-hydroxylation sites is 4. The molecule has 0 aliphatic heterocycles. The molecule has 0 radical (unpaired) electrons. The van der Waals surface area contributed by atoms with E-state index in [0.29, 0.717) is 0 Å². The van der Waals surface area contributed by atoms with Gasteiger partial charge in [-0.05, 0) is 148 Å². The summed E-state index contributed by atoms with van der Waals surface area (Å²) in [5, 5.41) is 9.91. The van der Waals surface area contributed by atoms with E-state index >= 15 is 0 Å². The minimum absolute atomic E-state index is 0.138. The molecule has 4 nitrogen and oxygen atoms in total. The van der Waals surface area contributed by atoms with Crippen molar-refractivity contribution in [3.63, 3.8) is 0 Å². The first-order chi connectivity index (χ1) is 43.6. The van der Waals surface area contributed by atoms with E-state index in [1.807, 2.05) is 6.08 Å². The van der Waals surface area contributed by atoms with Crippen molar-refractivity contribution in [2.45, 2.75) is 45.4 Å². The van der Waals surface area contributed by atoms with E-state index in [-0.39, 0.29) is 10.8 Å². The molecule has 0 fully saturated rings. The van der Waals surface area contributed by atoms with E-state index < -0.39 is 0 Å². The molecule has 4 heteroatoms. The smallest absolute Gasteiger partial charge is 0.0634 e. The molecule has 0 saturated heterocycles. The van der Waals surface area contributed by atoms with Gasteiger partial charge >= 0.3 is 0 Å². The maximum absolute atomic E-state index is 3.99. The summed E-state index contributed by atoms with van der Waals surface area (Å²) >= 11 is 0. The normalized spacial score (nSPS) is 14.3. The van der Waals surface area contributed by atoms with Crippen LogP contribution in [0, 0.1) is 0 Å². The molecular weight excluding hydrogens is 1080 g/mol. The second-order valence-corrected chi connectivity index (χ2v) is 25.6. The quantitative estimate of drug-likeness (QED) is 0.127. The Balaban J connectivity index is 0.894. The Morgan fingerprint density at radius 2 is 0.764 bits per heavy atom. The van der Waals surface area contributed by atoms with Crippen molar-refractivity contribution in [1.29, 1.82) is 0 Å². The van der Waals surface area contributed by atoms with E-state index in [1.165, 1.54) is 143 Å². The van der Waals surface area contributed by atoms with Crippen LogP contribution in [-0.2, 0) is 10.8 Å². The van der Waals surface area contributed by atoms with E-state index in [9.17, 15) is 0 Å². The van der Waals surface area contributed by atoms with Crippen LogP contribution in [0.15, 0.2) is 285 Å². The van der Waals surface area contributed by atoms with Crippen LogP contribution in [-0.4, -0.2) is 8.80 Å². The van der Waals surface area contributed by atoms with Crippen LogP contribution in [0.3, 0.4) is 0 Å². The topological polar surface area (TPSA) is 15.3 Å². The molecule has 4 heterocycles. The molecule has 422 valence electrons. The molecule has 4 aromatic heterocycles. The van der Waals surface area contributed by atoms with Gasteiger partial charge in [0.05, 0.1) is 33.1 Å². The molecule has 0 amide bonds. The zero-order chi connectivity index (χ0) is 59.6. The fourth-order valence-corrected chi connectivity index (χ4v) is 16.4. The van der Waals surface area contributed by atoms with Crippen molar-refractivity contribution in [1.82, 2.24) is 8.80 Å². The zero-order valence-corrected chi connectivity index (χ0v) is 50.5. The van der Waals surface area contributed by atoms with Crippen LogP contribution in [0.1, 0.15) is 56.9 Å². The third-order valence-corrected chi connectivity index (χ3v) is 20.3. The van der Waals surface area contributed by atoms with Gasteiger partial charge in [0, 0.05) is 99.2 Å². The first kappa shape index (κ1) is 51.3. The van der Waals surface area contributed by atoms with Gasteiger partial charge in [0.25, 0.3) is 0 Å². The van der Waals surface area contributed by atoms with E-state index in [2.05, 4.69) is 327 Å². The highest BCUT2D eigenvalue weighted by Gasteiger charge is 2.38. The first-order valence-electron chi connectivity index (χ1n) is 31.2. The summed E-state index contributed by atoms with van der Waals surface area (Å²) in [5.41, 5.74) is 29.2. The molecule has 0 saturated carbocycles. The molecule has 12 aromatic carbocycles. The Labute approximate surface area is 517 Å². The van der Waals surface area contributed by atoms with Crippen LogP contribution in [0.5, 0.6) is 0 Å². The summed E-state index contributed by atoms with van der Waals surface area (Å²) in [6, 6.07) is 95.7. The third kappa shape index (κ3) is 7.06. The van der Waals surface area contributed by atoms with Gasteiger partial charge in [0.1, 0.15) is 0 Å². The first-order valence-corrected chi connectivity index (χ1v) is 31.2. The average Bonchev–Trinajstić information content (AvgIpc) is 1.51. The lowest BCUT2D eigenvalue weighted by Crippen LogP contribution is -2.17. The number of aromatic nitrogens is 2. The summed E-state index contributed by atoms with van der Waals surface area (Å²) in [6.07, 6.45) is 6.18. The Bertz CT molecular complexity index is 5680. The molecule has 0 atom stereocenters. The van der Waals surface area contributed by atoms with Gasteiger partial charge in [-0.25, -0.2) is 0 Å². The second-order valence-electron chi connectivity index (χ2n) is 25.6. The van der Waals surface area contributed by atoms with Gasteiger partial charge in [-0.1, -0.05) is 222 Å². The molecule has 2 aliphatic rings. The zero-order valence-electron chi connectivity index (χ0n) is 50.5. The number of nitrogens with zero attached hydrogens (tertiary/aromatic N) is 4. The predicted octanol–water partition coefficient (Wildman–Crippen LogP) is 23.4. The second kappa shape index (κ2) is 18.8. The van der Waals surface area contributed by atoms with Crippen molar-refractivity contribution in [2.24, 2.45) is 0 Å². The highest BCUT2D eigenvalue weighted by Crippen LogP contribution is 2.57. The SMILES string of the molecule is C=C/C=C\C1=C(C)c2ccc(N(c3ccccc3)c3ccc4c(c3)c3cccc5c6c(-c7ccccc7)c7c(c(-c8ccccc8)c6n4c35)c3cccc4c5cc(N(c6ccccc6)c6ccc8c(c6)C(C)(C)c6ccccc6-8)ccc5n7c43)cc2C1(C)C. The lowest BCUT2D eigenvalue weighted by molar-refractivity contribution is 0.654. The Kier molecular flexibility index (Phi) is 10.8. The van der Waals surface area contributed by atoms with Crippen molar-refractivity contribution < 1.29 is 0 Å². The summed E-state index contributed by atoms with van der Waals surface area (Å²) in [5.74, 6) is 0. The molecule has 18 rings (SSSR count). The van der Waals surface area contributed by atoms with E-state index in [0.717, 1.165) is 34.1 Å². The third-order valence-electron chi connectivity index (χ3n) is 20.3. The van der Waals surface area contributed by atoms with Crippen molar-refractivity contribution in [3.8, 4) is 33.4 Å². The molecule has 0 N–H and O–H groups in total. The molecular formula is C85H62N4. The Morgan fingerprint density at radius 3 is 1.27 bits per heavy atom. The van der Waals surface area contributed by atoms with E-state index in [1.54, 1.807) is 0 Å². The maximum atomic E-state index is 3.99. The lowest BCUT2D eigenvalue weighted by Gasteiger charge is -2.28. The molecule has 2 aliphatic carbocycles. The number of rotatable bonds is 10. The fraction of sp³-hybridized carbons (Fsp3) is 0.0824. The Morgan fingerprint density at radius 1 is 0.348 bits per heavy atom. The van der Waals surface area contributed by atoms with Gasteiger partial charge in [0.15, 0.2) is 0 Å². The predicted molar refractivity (Wildman–Crippen MR) is 379 cm³/mol. The van der Waals surface area contributed by atoms with Crippen molar-refractivity contribution in [3.05, 3.63) is 307 Å². The Hall–Kier alpha value is -10.9. The highest BCUT2D eigenvalue weighted by atomic mass is 15.1. The largest absolute Gasteiger partial charge is 0.310 e. The summed E-state index contributed by atoms with van der Waals surface area (Å²) in [6.45, 7) is 15.7. The number of hydrogen-bond acceptors (Lipinski definition) is 2. The standard InChI is InChI=1S/C85H62N4/c1-7-8-38-70-52(2)61-44-40-59(50-72(61)84(70,3)4)86(55-29-17-11-18-30-55)57-42-46-74-68(48-57)64-34-23-36-66-78-77(54-27-15-10-16-28-54)83-79(76(53-25-13-9-14-26-53)82(78)88(74)80(64)66)67-37-24-35-65-69-49-58(43-47-75(69)89(83)81(65)67)87(56-31-19-12-20-32-56)60-41-45-63-62-33-21-22-39-71(62)85(5,6)73(63)51-60/h7-51H,1H2,2-6H3/b38-8-. The molecule has 16 aromatic rings.